The molecule has 11 heavy (non-hydrogen) atoms. The Bertz CT molecular complexity index is 114. The van der Waals surface area contributed by atoms with Crippen molar-refractivity contribution < 1.29 is 27.4 Å². The molecule has 0 amide bonds. The molecule has 0 fully saturated rings. The molecule has 4 nitrogen and oxygen atoms in total. The average molecular weight is 192 g/mol. The standard InChI is InChI=1S/C4H11F2O4P/c1-2-9-3-4-10-11(5,6,7)8/h7-8H,2-4H2,1H3. The SMILES string of the molecule is CCOCCOP(O)(O)(F)F. The summed E-state index contributed by atoms with van der Waals surface area (Å²) in [5.74, 6) is 0. The first-order valence-electron chi connectivity index (χ1n) is 2.99. The Balaban J connectivity index is 3.40. The van der Waals surface area contributed by atoms with Crippen LogP contribution < -0.4 is 0 Å². The van der Waals surface area contributed by atoms with Crippen molar-refractivity contribution in [1.29, 1.82) is 0 Å². The van der Waals surface area contributed by atoms with Crippen LogP contribution in [0.25, 0.3) is 0 Å². The van der Waals surface area contributed by atoms with E-state index in [9.17, 15) is 8.39 Å². The van der Waals surface area contributed by atoms with E-state index in [1.807, 2.05) is 0 Å². The second-order valence-electron chi connectivity index (χ2n) is 1.79. The summed E-state index contributed by atoms with van der Waals surface area (Å²) in [5.41, 5.74) is 0. The molecule has 0 bridgehead atoms. The Labute approximate surface area is 63.2 Å². The van der Waals surface area contributed by atoms with Crippen molar-refractivity contribution in [2.75, 3.05) is 19.8 Å². The van der Waals surface area contributed by atoms with E-state index < -0.39 is 14.5 Å². The first kappa shape index (κ1) is 11.1. The van der Waals surface area contributed by atoms with Crippen LogP contribution in [0.5, 0.6) is 0 Å². The normalized spacial score (nSPS) is 15.9. The van der Waals surface area contributed by atoms with Gasteiger partial charge in [-0.25, -0.2) is 0 Å². The molecule has 0 aromatic carbocycles. The zero-order valence-electron chi connectivity index (χ0n) is 6.04. The number of rotatable bonds is 5. The van der Waals surface area contributed by atoms with E-state index >= 15 is 0 Å². The number of hydrogen-bond donors (Lipinski definition) is 2. The third-order valence-electron chi connectivity index (χ3n) is 0.736. The van der Waals surface area contributed by atoms with Gasteiger partial charge in [0.05, 0.1) is 0 Å². The molecule has 0 aliphatic carbocycles. The van der Waals surface area contributed by atoms with Gasteiger partial charge >= 0.3 is 62.1 Å². The van der Waals surface area contributed by atoms with Crippen LogP contribution in [0.2, 0.25) is 0 Å². The van der Waals surface area contributed by atoms with E-state index in [0.717, 1.165) is 0 Å². The van der Waals surface area contributed by atoms with Gasteiger partial charge in [-0.1, -0.05) is 0 Å². The fraction of sp³-hybridized carbons (Fsp3) is 1.00. The fourth-order valence-corrected chi connectivity index (χ4v) is 0.767. The van der Waals surface area contributed by atoms with E-state index in [-0.39, 0.29) is 6.61 Å². The van der Waals surface area contributed by atoms with Gasteiger partial charge in [-0.15, -0.1) is 0 Å². The van der Waals surface area contributed by atoms with Crippen LogP contribution in [0.4, 0.5) is 8.39 Å². The third-order valence-corrected chi connectivity index (χ3v) is 1.34. The van der Waals surface area contributed by atoms with Gasteiger partial charge in [0.25, 0.3) is 0 Å². The Hall–Kier alpha value is 0.130. The summed E-state index contributed by atoms with van der Waals surface area (Å²) in [6, 6.07) is 0. The minimum atomic E-state index is -6.74. The molecule has 70 valence electrons. The molecule has 0 saturated heterocycles. The summed E-state index contributed by atoms with van der Waals surface area (Å²) in [6.07, 6.45) is 0. The van der Waals surface area contributed by atoms with E-state index in [0.29, 0.717) is 6.61 Å². The molecule has 2 N–H and O–H groups in total. The fourth-order valence-electron chi connectivity index (χ4n) is 0.391. The molecule has 7 heteroatoms. The van der Waals surface area contributed by atoms with Gasteiger partial charge in [-0.05, 0) is 0 Å². The predicted octanol–water partition coefficient (Wildman–Crippen LogP) is 1.09. The monoisotopic (exact) mass is 192 g/mol. The van der Waals surface area contributed by atoms with Crippen molar-refractivity contribution in [3.63, 3.8) is 0 Å². The summed E-state index contributed by atoms with van der Waals surface area (Å²) in [4.78, 5) is 15.7. The molecule has 0 radical (unpaired) electrons. The summed E-state index contributed by atoms with van der Waals surface area (Å²) in [7, 11) is -6.74. The van der Waals surface area contributed by atoms with E-state index in [1.165, 1.54) is 0 Å². The number of ether oxygens (including phenoxy) is 1. The van der Waals surface area contributed by atoms with Crippen molar-refractivity contribution in [2.24, 2.45) is 0 Å². The van der Waals surface area contributed by atoms with Crippen LogP contribution in [-0.4, -0.2) is 29.6 Å². The first-order valence-corrected chi connectivity index (χ1v) is 4.84. The number of hydrogen-bond acceptors (Lipinski definition) is 4. The summed E-state index contributed by atoms with van der Waals surface area (Å²) >= 11 is 0. The summed E-state index contributed by atoms with van der Waals surface area (Å²) < 4.78 is 31.7. The second-order valence-corrected chi connectivity index (χ2v) is 3.56. The molecule has 0 aliphatic heterocycles. The van der Waals surface area contributed by atoms with Crippen molar-refractivity contribution >= 4 is 7.91 Å². The van der Waals surface area contributed by atoms with Crippen molar-refractivity contribution in [1.82, 2.24) is 0 Å². The maximum absolute atomic E-state index is 11.8. The van der Waals surface area contributed by atoms with E-state index in [2.05, 4.69) is 9.26 Å². The summed E-state index contributed by atoms with van der Waals surface area (Å²) in [6.45, 7) is 1.45. The zero-order valence-corrected chi connectivity index (χ0v) is 6.93. The van der Waals surface area contributed by atoms with E-state index in [4.69, 9.17) is 9.79 Å². The Kier molecular flexibility index (Phi) is 3.73. The molecule has 0 atom stereocenters. The van der Waals surface area contributed by atoms with Gasteiger partial charge in [-0.3, -0.25) is 0 Å². The molecular formula is C4H11F2O4P. The summed E-state index contributed by atoms with van der Waals surface area (Å²) in [5, 5.41) is 0. The van der Waals surface area contributed by atoms with Gasteiger partial charge in [-0.2, -0.15) is 0 Å². The van der Waals surface area contributed by atoms with Gasteiger partial charge in [0, 0.05) is 0 Å². The second kappa shape index (κ2) is 3.69. The van der Waals surface area contributed by atoms with Crippen LogP contribution in [-0.2, 0) is 9.26 Å². The molecule has 0 unspecified atom stereocenters. The molecule has 0 spiro atoms. The van der Waals surface area contributed by atoms with Crippen molar-refractivity contribution in [2.45, 2.75) is 6.92 Å². The average Bonchev–Trinajstić information content (AvgIpc) is 1.76. The van der Waals surface area contributed by atoms with Crippen LogP contribution in [0.3, 0.4) is 0 Å². The molecule has 0 rings (SSSR count). The molecule has 0 aromatic rings. The Morgan fingerprint density at radius 1 is 1.27 bits per heavy atom. The van der Waals surface area contributed by atoms with Gasteiger partial charge in [0.1, 0.15) is 0 Å². The minimum absolute atomic E-state index is 0.0800. The van der Waals surface area contributed by atoms with Crippen LogP contribution >= 0.6 is 7.91 Å². The van der Waals surface area contributed by atoms with Crippen LogP contribution in [0, 0.1) is 0 Å². The molecular weight excluding hydrogens is 181 g/mol. The molecule has 0 saturated carbocycles. The quantitative estimate of drug-likeness (QED) is 0.505. The predicted molar refractivity (Wildman–Crippen MR) is 36.0 cm³/mol. The first-order chi connectivity index (χ1) is 4.81. The van der Waals surface area contributed by atoms with Crippen molar-refractivity contribution in [3.8, 4) is 0 Å². The third kappa shape index (κ3) is 10.1. The topological polar surface area (TPSA) is 58.9 Å². The molecule has 0 heterocycles. The van der Waals surface area contributed by atoms with Gasteiger partial charge in [0.2, 0.25) is 0 Å². The Morgan fingerprint density at radius 2 is 1.82 bits per heavy atom. The molecule has 0 aliphatic rings. The van der Waals surface area contributed by atoms with Crippen molar-refractivity contribution in [3.05, 3.63) is 0 Å². The Morgan fingerprint density at radius 3 is 2.18 bits per heavy atom. The zero-order chi connectivity index (χ0) is 8.98. The van der Waals surface area contributed by atoms with Crippen LogP contribution in [0.1, 0.15) is 6.92 Å². The van der Waals surface area contributed by atoms with Gasteiger partial charge < -0.3 is 0 Å². The van der Waals surface area contributed by atoms with Crippen LogP contribution in [0.15, 0.2) is 0 Å². The molecule has 0 aromatic heterocycles. The van der Waals surface area contributed by atoms with Gasteiger partial charge in [0.15, 0.2) is 0 Å². The number of halogens is 2. The maximum atomic E-state index is 11.8. The van der Waals surface area contributed by atoms with E-state index in [1.54, 1.807) is 6.92 Å².